The van der Waals surface area contributed by atoms with Crippen LogP contribution in [0.4, 0.5) is 4.39 Å². The highest BCUT2D eigenvalue weighted by molar-refractivity contribution is 7.99. The molecule has 0 aliphatic rings. The van der Waals surface area contributed by atoms with E-state index in [4.69, 9.17) is 0 Å². The van der Waals surface area contributed by atoms with Crippen molar-refractivity contribution in [3.63, 3.8) is 0 Å². The third-order valence-electron chi connectivity index (χ3n) is 5.53. The number of benzene rings is 2. The Labute approximate surface area is 211 Å². The smallest absolute Gasteiger partial charge is 0.231 e. The van der Waals surface area contributed by atoms with Gasteiger partial charge in [-0.15, -0.1) is 10.2 Å². The molecule has 3 aromatic heterocycles. The number of pyridine rings is 1. The molecule has 1 unspecified atom stereocenters. The fourth-order valence-corrected chi connectivity index (χ4v) is 4.56. The second kappa shape index (κ2) is 10.5. The minimum atomic E-state index is -0.531. The van der Waals surface area contributed by atoms with Gasteiger partial charge in [0.15, 0.2) is 11.0 Å². The number of carbonyl (C=O) groups is 1. The van der Waals surface area contributed by atoms with E-state index in [1.165, 1.54) is 23.9 Å². The summed E-state index contributed by atoms with van der Waals surface area (Å²) in [5.74, 6) is 0.813. The molecule has 0 radical (unpaired) electrons. The molecule has 0 bridgehead atoms. The molecule has 1 amide bonds. The number of nitrogens with one attached hydrogen (secondary N) is 1. The molecule has 180 valence electrons. The van der Waals surface area contributed by atoms with Gasteiger partial charge in [0, 0.05) is 43.1 Å². The molecule has 0 saturated carbocycles. The van der Waals surface area contributed by atoms with Crippen LogP contribution in [0.1, 0.15) is 17.4 Å². The average molecular weight is 500 g/mol. The highest BCUT2D eigenvalue weighted by Gasteiger charge is 2.22. The minimum Gasteiger partial charge on any atom is -0.341 e. The van der Waals surface area contributed by atoms with Crippen LogP contribution in [0.15, 0.2) is 96.7 Å². The third-order valence-corrected chi connectivity index (χ3v) is 6.45. The fourth-order valence-electron chi connectivity index (χ4n) is 3.80. The van der Waals surface area contributed by atoms with Gasteiger partial charge in [-0.2, -0.15) is 0 Å². The van der Waals surface area contributed by atoms with Gasteiger partial charge in [-0.3, -0.25) is 14.3 Å². The fraction of sp³-hybridized carbons (Fsp3) is 0.115. The van der Waals surface area contributed by atoms with Crippen LogP contribution in [0, 0.1) is 5.82 Å². The normalized spacial score (nSPS) is 11.8. The summed E-state index contributed by atoms with van der Waals surface area (Å²) in [6, 6.07) is 19.0. The number of aromatic nitrogens is 6. The van der Waals surface area contributed by atoms with Crippen molar-refractivity contribution in [1.29, 1.82) is 0 Å². The molecule has 5 rings (SSSR count). The van der Waals surface area contributed by atoms with Crippen LogP contribution in [0.2, 0.25) is 0 Å². The molecule has 8 nitrogen and oxygen atoms in total. The average Bonchev–Trinajstić information content (AvgIpc) is 3.54. The van der Waals surface area contributed by atoms with Crippen molar-refractivity contribution in [2.45, 2.75) is 11.2 Å². The highest BCUT2D eigenvalue weighted by Crippen LogP contribution is 2.28. The molecule has 0 fully saturated rings. The molecule has 0 saturated heterocycles. The lowest BCUT2D eigenvalue weighted by Crippen LogP contribution is -2.32. The number of amides is 1. The molecule has 0 aliphatic carbocycles. The molecule has 3 heterocycles. The topological polar surface area (TPSA) is 90.5 Å². The van der Waals surface area contributed by atoms with Gasteiger partial charge >= 0.3 is 0 Å². The van der Waals surface area contributed by atoms with Crippen LogP contribution in [0.5, 0.6) is 0 Å². The van der Waals surface area contributed by atoms with Gasteiger partial charge in [-0.1, -0.05) is 42.1 Å². The Morgan fingerprint density at radius 1 is 1.03 bits per heavy atom. The predicted octanol–water partition coefficient (Wildman–Crippen LogP) is 4.20. The number of imidazole rings is 1. The summed E-state index contributed by atoms with van der Waals surface area (Å²) in [6.45, 7) is 0. The summed E-state index contributed by atoms with van der Waals surface area (Å²) in [7, 11) is 1.85. The van der Waals surface area contributed by atoms with E-state index < -0.39 is 6.04 Å². The lowest BCUT2D eigenvalue weighted by atomic mass is 10.1. The minimum absolute atomic E-state index is 0.0973. The van der Waals surface area contributed by atoms with Crippen LogP contribution in [-0.4, -0.2) is 41.0 Å². The molecule has 2 aromatic carbocycles. The number of aryl methyl sites for hydroxylation is 1. The Kier molecular flexibility index (Phi) is 6.85. The summed E-state index contributed by atoms with van der Waals surface area (Å²) in [5, 5.41) is 12.3. The molecule has 1 atom stereocenters. The molecule has 10 heteroatoms. The summed E-state index contributed by atoms with van der Waals surface area (Å²) in [4.78, 5) is 21.7. The second-order valence-corrected chi connectivity index (χ2v) is 8.90. The monoisotopic (exact) mass is 499 g/mol. The first-order valence-corrected chi connectivity index (χ1v) is 12.1. The SMILES string of the molecule is Cn1ccnc1C(NC(=O)CSc1nnc(-c2cccnc2)n1-c1ccccc1)c1ccc(F)cc1. The van der Waals surface area contributed by atoms with E-state index >= 15 is 0 Å². The Hall–Kier alpha value is -4.31. The van der Waals surface area contributed by atoms with Crippen LogP contribution < -0.4 is 5.32 Å². The van der Waals surface area contributed by atoms with Crippen molar-refractivity contribution >= 4 is 17.7 Å². The van der Waals surface area contributed by atoms with E-state index in [0.717, 1.165) is 16.8 Å². The molecule has 0 spiro atoms. The van der Waals surface area contributed by atoms with Crippen LogP contribution in [0.3, 0.4) is 0 Å². The lowest BCUT2D eigenvalue weighted by molar-refractivity contribution is -0.119. The Bertz CT molecular complexity index is 1450. The summed E-state index contributed by atoms with van der Waals surface area (Å²) in [6.07, 6.45) is 6.89. The zero-order valence-electron chi connectivity index (χ0n) is 19.3. The van der Waals surface area contributed by atoms with Gasteiger partial charge in [-0.05, 0) is 42.0 Å². The van der Waals surface area contributed by atoms with Crippen molar-refractivity contribution in [1.82, 2.24) is 34.6 Å². The number of carbonyl (C=O) groups excluding carboxylic acids is 1. The van der Waals surface area contributed by atoms with Crippen molar-refractivity contribution < 1.29 is 9.18 Å². The third kappa shape index (κ3) is 5.03. The molecule has 0 aliphatic heterocycles. The van der Waals surface area contributed by atoms with E-state index in [1.807, 2.05) is 58.6 Å². The number of hydrogen-bond donors (Lipinski definition) is 1. The highest BCUT2D eigenvalue weighted by atomic mass is 32.2. The van der Waals surface area contributed by atoms with E-state index in [9.17, 15) is 9.18 Å². The molecular formula is C26H22FN7OS. The number of thioether (sulfide) groups is 1. The lowest BCUT2D eigenvalue weighted by Gasteiger charge is -2.19. The largest absolute Gasteiger partial charge is 0.341 e. The zero-order valence-corrected chi connectivity index (χ0v) is 20.1. The summed E-state index contributed by atoms with van der Waals surface area (Å²) >= 11 is 1.28. The second-order valence-electron chi connectivity index (χ2n) is 7.96. The quantitative estimate of drug-likeness (QED) is 0.322. The number of nitrogens with zero attached hydrogens (tertiary/aromatic N) is 6. The van der Waals surface area contributed by atoms with Gasteiger partial charge in [-0.25, -0.2) is 9.37 Å². The number of hydrogen-bond acceptors (Lipinski definition) is 6. The first kappa shape index (κ1) is 23.4. The molecular weight excluding hydrogens is 477 g/mol. The van der Waals surface area contributed by atoms with Gasteiger partial charge < -0.3 is 9.88 Å². The van der Waals surface area contributed by atoms with Gasteiger partial charge in [0.25, 0.3) is 0 Å². The Balaban J connectivity index is 1.39. The van der Waals surface area contributed by atoms with Crippen LogP contribution >= 0.6 is 11.8 Å². The number of para-hydroxylation sites is 1. The summed E-state index contributed by atoms with van der Waals surface area (Å²) in [5.41, 5.74) is 2.42. The Morgan fingerprint density at radius 2 is 1.83 bits per heavy atom. The first-order valence-electron chi connectivity index (χ1n) is 11.2. The van der Waals surface area contributed by atoms with E-state index in [2.05, 4.69) is 25.5 Å². The van der Waals surface area contributed by atoms with Crippen LogP contribution in [-0.2, 0) is 11.8 Å². The maximum absolute atomic E-state index is 13.5. The van der Waals surface area contributed by atoms with Gasteiger partial charge in [0.2, 0.25) is 5.91 Å². The predicted molar refractivity (Wildman–Crippen MR) is 135 cm³/mol. The summed E-state index contributed by atoms with van der Waals surface area (Å²) < 4.78 is 17.2. The van der Waals surface area contributed by atoms with Crippen molar-refractivity contribution in [3.8, 4) is 17.1 Å². The maximum atomic E-state index is 13.5. The van der Waals surface area contributed by atoms with Gasteiger partial charge in [0.1, 0.15) is 17.7 Å². The first-order chi connectivity index (χ1) is 17.6. The Morgan fingerprint density at radius 3 is 2.53 bits per heavy atom. The van der Waals surface area contributed by atoms with Crippen molar-refractivity contribution in [2.24, 2.45) is 7.05 Å². The van der Waals surface area contributed by atoms with E-state index in [-0.39, 0.29) is 17.5 Å². The number of rotatable bonds is 8. The maximum Gasteiger partial charge on any atom is 0.231 e. The standard InChI is InChI=1S/C26H22FN7OS/c1-33-15-14-29-25(33)23(18-9-11-20(27)12-10-18)30-22(35)17-36-26-32-31-24(19-6-5-13-28-16-19)34(26)21-7-3-2-4-8-21/h2-16,23H,17H2,1H3,(H,30,35). The van der Waals surface area contributed by atoms with E-state index in [0.29, 0.717) is 16.8 Å². The zero-order chi connectivity index (χ0) is 24.9. The number of halogens is 1. The molecule has 36 heavy (non-hydrogen) atoms. The molecule has 1 N–H and O–H groups in total. The molecule has 5 aromatic rings. The van der Waals surface area contributed by atoms with Crippen molar-refractivity contribution in [2.75, 3.05) is 5.75 Å². The van der Waals surface area contributed by atoms with E-state index in [1.54, 1.807) is 36.9 Å². The van der Waals surface area contributed by atoms with Gasteiger partial charge in [0.05, 0.1) is 5.75 Å². The van der Waals surface area contributed by atoms with Crippen molar-refractivity contribution in [3.05, 3.63) is 109 Å². The van der Waals surface area contributed by atoms with Crippen LogP contribution in [0.25, 0.3) is 17.1 Å².